The topological polar surface area (TPSA) is 49.9 Å². The molecule has 0 saturated carbocycles. The number of amides is 2. The van der Waals surface area contributed by atoms with Crippen molar-refractivity contribution < 1.29 is 14.3 Å². The van der Waals surface area contributed by atoms with Crippen LogP contribution in [0.1, 0.15) is 44.1 Å². The van der Waals surface area contributed by atoms with Crippen molar-refractivity contribution in [2.24, 2.45) is 5.92 Å². The summed E-state index contributed by atoms with van der Waals surface area (Å²) >= 11 is 0. The van der Waals surface area contributed by atoms with Gasteiger partial charge in [0.1, 0.15) is 5.75 Å². The Hall–Kier alpha value is -2.04. The number of ether oxygens (including phenoxy) is 1. The monoisotopic (exact) mass is 358 g/mol. The fourth-order valence-electron chi connectivity index (χ4n) is 3.95. The number of benzene rings is 1. The fraction of sp³-hybridized carbons (Fsp3) is 0.619. The Morgan fingerprint density at radius 3 is 2.23 bits per heavy atom. The van der Waals surface area contributed by atoms with E-state index in [1.807, 2.05) is 34.1 Å². The Bertz CT molecular complexity index is 600. The smallest absolute Gasteiger partial charge is 0.225 e. The number of likely N-dealkylation sites (tertiary alicyclic amines) is 2. The summed E-state index contributed by atoms with van der Waals surface area (Å²) in [4.78, 5) is 29.1. The van der Waals surface area contributed by atoms with Gasteiger partial charge in [0.2, 0.25) is 11.8 Å². The van der Waals surface area contributed by atoms with Gasteiger partial charge < -0.3 is 14.5 Å². The third-order valence-corrected chi connectivity index (χ3v) is 5.65. The van der Waals surface area contributed by atoms with Crippen molar-refractivity contribution in [3.8, 4) is 5.75 Å². The molecular weight excluding hydrogens is 328 g/mol. The van der Waals surface area contributed by atoms with Gasteiger partial charge in [0.15, 0.2) is 0 Å². The molecule has 0 spiro atoms. The quantitative estimate of drug-likeness (QED) is 0.813. The van der Waals surface area contributed by atoms with E-state index in [2.05, 4.69) is 0 Å². The summed E-state index contributed by atoms with van der Waals surface area (Å²) in [6.45, 7) is 3.26. The summed E-state index contributed by atoms with van der Waals surface area (Å²) in [5, 5.41) is 0. The van der Waals surface area contributed by atoms with E-state index in [1.165, 1.54) is 6.42 Å². The van der Waals surface area contributed by atoms with Crippen LogP contribution >= 0.6 is 0 Å². The molecule has 2 fully saturated rings. The van der Waals surface area contributed by atoms with Gasteiger partial charge in [-0.15, -0.1) is 0 Å². The summed E-state index contributed by atoms with van der Waals surface area (Å²) < 4.78 is 5.16. The number of hydrogen-bond donors (Lipinski definition) is 0. The Morgan fingerprint density at radius 2 is 1.62 bits per heavy atom. The fourth-order valence-corrected chi connectivity index (χ4v) is 3.95. The van der Waals surface area contributed by atoms with E-state index in [-0.39, 0.29) is 11.8 Å². The summed E-state index contributed by atoms with van der Waals surface area (Å²) in [6.07, 6.45) is 6.40. The van der Waals surface area contributed by atoms with Crippen LogP contribution in [0.2, 0.25) is 0 Å². The highest BCUT2D eigenvalue weighted by molar-refractivity contribution is 5.80. The molecule has 0 aromatic heterocycles. The Labute approximate surface area is 156 Å². The van der Waals surface area contributed by atoms with Crippen LogP contribution in [-0.2, 0) is 16.0 Å². The zero-order valence-corrected chi connectivity index (χ0v) is 15.8. The number of piperidine rings is 2. The van der Waals surface area contributed by atoms with Gasteiger partial charge in [-0.3, -0.25) is 9.59 Å². The molecule has 3 rings (SSSR count). The van der Waals surface area contributed by atoms with Gasteiger partial charge in [0.25, 0.3) is 0 Å². The van der Waals surface area contributed by atoms with Crippen molar-refractivity contribution >= 4 is 11.8 Å². The number of hydrogen-bond acceptors (Lipinski definition) is 3. The zero-order valence-electron chi connectivity index (χ0n) is 15.8. The van der Waals surface area contributed by atoms with Gasteiger partial charge in [-0.05, 0) is 56.2 Å². The molecule has 2 aliphatic rings. The van der Waals surface area contributed by atoms with Crippen LogP contribution in [0.25, 0.3) is 0 Å². The Balaban J connectivity index is 1.42. The van der Waals surface area contributed by atoms with E-state index in [0.717, 1.165) is 56.5 Å². The number of carbonyl (C=O) groups is 2. The van der Waals surface area contributed by atoms with Gasteiger partial charge in [-0.25, -0.2) is 0 Å². The first kappa shape index (κ1) is 18.7. The molecule has 0 atom stereocenters. The van der Waals surface area contributed by atoms with Crippen molar-refractivity contribution in [2.45, 2.75) is 44.9 Å². The molecule has 26 heavy (non-hydrogen) atoms. The van der Waals surface area contributed by atoms with Gasteiger partial charge in [0.05, 0.1) is 7.11 Å². The summed E-state index contributed by atoms with van der Waals surface area (Å²) in [5.74, 6) is 1.46. The minimum Gasteiger partial charge on any atom is -0.497 e. The zero-order chi connectivity index (χ0) is 18.4. The van der Waals surface area contributed by atoms with Gasteiger partial charge in [-0.1, -0.05) is 12.1 Å². The van der Waals surface area contributed by atoms with Gasteiger partial charge >= 0.3 is 0 Å². The van der Waals surface area contributed by atoms with E-state index in [4.69, 9.17) is 4.74 Å². The number of rotatable bonds is 5. The number of aryl methyl sites for hydroxylation is 1. The largest absolute Gasteiger partial charge is 0.497 e. The summed E-state index contributed by atoms with van der Waals surface area (Å²) in [6, 6.07) is 7.88. The molecule has 0 aliphatic carbocycles. The molecule has 2 amide bonds. The maximum atomic E-state index is 12.6. The molecule has 142 valence electrons. The van der Waals surface area contributed by atoms with Crippen molar-refractivity contribution in [3.63, 3.8) is 0 Å². The highest BCUT2D eigenvalue weighted by Gasteiger charge is 2.30. The second-order valence-electron chi connectivity index (χ2n) is 7.39. The lowest BCUT2D eigenvalue weighted by atomic mass is 9.94. The lowest BCUT2D eigenvalue weighted by Gasteiger charge is -2.35. The molecule has 0 unspecified atom stereocenters. The highest BCUT2D eigenvalue weighted by Crippen LogP contribution is 2.22. The summed E-state index contributed by atoms with van der Waals surface area (Å²) in [5.41, 5.74) is 1.15. The molecule has 0 bridgehead atoms. The average Bonchev–Trinajstić information content (AvgIpc) is 2.72. The normalized spacial score (nSPS) is 18.7. The van der Waals surface area contributed by atoms with Gasteiger partial charge in [0, 0.05) is 38.5 Å². The van der Waals surface area contributed by atoms with Crippen LogP contribution < -0.4 is 4.74 Å². The van der Waals surface area contributed by atoms with Crippen molar-refractivity contribution in [1.29, 1.82) is 0 Å². The second kappa shape index (κ2) is 9.06. The van der Waals surface area contributed by atoms with Crippen LogP contribution in [0.3, 0.4) is 0 Å². The van der Waals surface area contributed by atoms with Crippen molar-refractivity contribution in [3.05, 3.63) is 29.8 Å². The first-order valence-electron chi connectivity index (χ1n) is 9.87. The van der Waals surface area contributed by atoms with Crippen LogP contribution in [0, 0.1) is 5.92 Å². The van der Waals surface area contributed by atoms with Gasteiger partial charge in [-0.2, -0.15) is 0 Å². The molecule has 0 N–H and O–H groups in total. The molecule has 1 aromatic rings. The van der Waals surface area contributed by atoms with E-state index >= 15 is 0 Å². The lowest BCUT2D eigenvalue weighted by molar-refractivity contribution is -0.141. The first-order valence-corrected chi connectivity index (χ1v) is 9.87. The average molecular weight is 358 g/mol. The third kappa shape index (κ3) is 4.77. The van der Waals surface area contributed by atoms with Crippen molar-refractivity contribution in [2.75, 3.05) is 33.3 Å². The van der Waals surface area contributed by atoms with Crippen LogP contribution in [0.15, 0.2) is 24.3 Å². The number of methoxy groups -OCH3 is 1. The van der Waals surface area contributed by atoms with E-state index < -0.39 is 0 Å². The predicted molar refractivity (Wildman–Crippen MR) is 101 cm³/mol. The maximum absolute atomic E-state index is 12.6. The molecule has 0 radical (unpaired) electrons. The van der Waals surface area contributed by atoms with Crippen LogP contribution in [-0.4, -0.2) is 54.9 Å². The minimum absolute atomic E-state index is 0.110. The third-order valence-electron chi connectivity index (χ3n) is 5.65. The maximum Gasteiger partial charge on any atom is 0.225 e. The molecule has 2 saturated heterocycles. The standard InChI is InChI=1S/C21H30N2O3/c1-26-19-8-5-17(6-9-19)7-10-20(24)22-15-11-18(12-16-22)21(25)23-13-3-2-4-14-23/h5-6,8-9,18H,2-4,7,10-16H2,1H3. The predicted octanol–water partition coefficient (Wildman–Crippen LogP) is 2.88. The Kier molecular flexibility index (Phi) is 6.53. The van der Waals surface area contributed by atoms with Crippen LogP contribution in [0.4, 0.5) is 0 Å². The van der Waals surface area contributed by atoms with E-state index in [1.54, 1.807) is 7.11 Å². The SMILES string of the molecule is COc1ccc(CCC(=O)N2CCC(C(=O)N3CCCCC3)CC2)cc1. The minimum atomic E-state index is 0.110. The lowest BCUT2D eigenvalue weighted by Crippen LogP contribution is -2.45. The van der Waals surface area contributed by atoms with E-state index in [9.17, 15) is 9.59 Å². The summed E-state index contributed by atoms with van der Waals surface area (Å²) in [7, 11) is 1.65. The molecule has 2 heterocycles. The Morgan fingerprint density at radius 1 is 0.962 bits per heavy atom. The highest BCUT2D eigenvalue weighted by atomic mass is 16.5. The van der Waals surface area contributed by atoms with Crippen LogP contribution in [0.5, 0.6) is 5.75 Å². The van der Waals surface area contributed by atoms with E-state index in [0.29, 0.717) is 25.4 Å². The molecule has 2 aliphatic heterocycles. The molecule has 1 aromatic carbocycles. The number of carbonyl (C=O) groups excluding carboxylic acids is 2. The molecular formula is C21H30N2O3. The molecule has 5 nitrogen and oxygen atoms in total. The second-order valence-corrected chi connectivity index (χ2v) is 7.39. The molecule has 5 heteroatoms. The first-order chi connectivity index (χ1) is 12.7. The van der Waals surface area contributed by atoms with Crippen molar-refractivity contribution in [1.82, 2.24) is 9.80 Å². The number of nitrogens with zero attached hydrogens (tertiary/aromatic N) is 2.